The fourth-order valence-corrected chi connectivity index (χ4v) is 4.91. The largest absolute Gasteiger partial charge is 0.435 e. The van der Waals surface area contributed by atoms with E-state index in [-0.39, 0.29) is 22.0 Å². The van der Waals surface area contributed by atoms with Crippen LogP contribution >= 0.6 is 11.3 Å². The van der Waals surface area contributed by atoms with Gasteiger partial charge in [-0.15, -0.1) is 11.3 Å². The molecule has 0 radical (unpaired) electrons. The van der Waals surface area contributed by atoms with Crippen LogP contribution < -0.4 is 10.1 Å². The Balaban J connectivity index is 1.79. The number of thiophene rings is 1. The van der Waals surface area contributed by atoms with Crippen LogP contribution in [0.25, 0.3) is 26.7 Å². The molecule has 1 N–H and O–H groups in total. The number of amides is 1. The zero-order valence-corrected chi connectivity index (χ0v) is 20.0. The molecule has 182 valence electrons. The van der Waals surface area contributed by atoms with E-state index in [0.29, 0.717) is 15.3 Å². The monoisotopic (exact) mass is 521 g/mol. The highest BCUT2D eigenvalue weighted by molar-refractivity contribution is 7.90. The van der Waals surface area contributed by atoms with Gasteiger partial charge in [-0.3, -0.25) is 0 Å². The number of carbonyl (C=O) groups excluding carboxylic acids is 1. The van der Waals surface area contributed by atoms with Crippen LogP contribution in [0.4, 0.5) is 18.0 Å². The number of nitrogens with one attached hydrogen (secondary N) is 1. The molecule has 0 saturated heterocycles. The molecule has 0 bridgehead atoms. The fourth-order valence-electron chi connectivity index (χ4n) is 3.24. The summed E-state index contributed by atoms with van der Waals surface area (Å²) in [5, 5.41) is 6.06. The summed E-state index contributed by atoms with van der Waals surface area (Å²) in [7, 11) is -2.04. The third-order valence-electron chi connectivity index (χ3n) is 4.88. The molecule has 0 atom stereocenters. The molecular formula is C23H18F3N3O4S2. The summed E-state index contributed by atoms with van der Waals surface area (Å²) in [5.41, 5.74) is -0.0396. The van der Waals surface area contributed by atoms with Gasteiger partial charge < -0.3 is 10.1 Å². The smallest absolute Gasteiger partial charge is 0.410 e. The Kier molecular flexibility index (Phi) is 6.43. The van der Waals surface area contributed by atoms with E-state index in [2.05, 4.69) is 10.4 Å². The van der Waals surface area contributed by atoms with Crippen LogP contribution in [-0.2, 0) is 16.0 Å². The van der Waals surface area contributed by atoms with Gasteiger partial charge in [0.25, 0.3) is 0 Å². The number of halogens is 3. The highest BCUT2D eigenvalue weighted by atomic mass is 32.2. The molecule has 0 fully saturated rings. The molecule has 0 spiro atoms. The van der Waals surface area contributed by atoms with Crippen molar-refractivity contribution in [1.82, 2.24) is 15.1 Å². The molecule has 2 aromatic heterocycles. The number of alkyl halides is 3. The van der Waals surface area contributed by atoms with Gasteiger partial charge in [-0.1, -0.05) is 18.2 Å². The van der Waals surface area contributed by atoms with Crippen LogP contribution in [0.15, 0.2) is 71.6 Å². The topological polar surface area (TPSA) is 90.3 Å². The number of sulfone groups is 1. The van der Waals surface area contributed by atoms with Gasteiger partial charge >= 0.3 is 12.3 Å². The quantitative estimate of drug-likeness (QED) is 0.379. The lowest BCUT2D eigenvalue weighted by molar-refractivity contribution is -0.141. The Morgan fingerprint density at radius 2 is 1.74 bits per heavy atom. The van der Waals surface area contributed by atoms with E-state index in [1.807, 2.05) is 0 Å². The summed E-state index contributed by atoms with van der Waals surface area (Å²) in [4.78, 5) is 12.8. The Morgan fingerprint density at radius 3 is 2.43 bits per heavy atom. The van der Waals surface area contributed by atoms with Crippen molar-refractivity contribution in [2.45, 2.75) is 11.1 Å². The van der Waals surface area contributed by atoms with Gasteiger partial charge in [-0.25, -0.2) is 17.9 Å². The van der Waals surface area contributed by atoms with E-state index in [1.54, 1.807) is 24.3 Å². The van der Waals surface area contributed by atoms with Crippen molar-refractivity contribution in [3.8, 4) is 32.4 Å². The van der Waals surface area contributed by atoms with Crippen molar-refractivity contribution in [2.24, 2.45) is 0 Å². The van der Waals surface area contributed by atoms with Gasteiger partial charge in [0, 0.05) is 24.2 Å². The van der Waals surface area contributed by atoms with Crippen LogP contribution in [0.5, 0.6) is 5.75 Å². The van der Waals surface area contributed by atoms with Crippen molar-refractivity contribution in [3.63, 3.8) is 0 Å². The highest BCUT2D eigenvalue weighted by Crippen LogP contribution is 2.39. The third kappa shape index (κ3) is 5.38. The van der Waals surface area contributed by atoms with E-state index < -0.39 is 27.8 Å². The standard InChI is InChI=1S/C23H18F3N3O4S2/c1-27-22(30)33-16-7-4-6-15(12-16)29-18(13-21(28-29)23(24,25)26)20-10-9-19(34-20)14-5-3-8-17(11-14)35(2,31)32/h3-13H,1-2H3,(H,27,30). The second-order valence-corrected chi connectivity index (χ2v) is 10.5. The molecule has 35 heavy (non-hydrogen) atoms. The number of ether oxygens (including phenoxy) is 1. The second-order valence-electron chi connectivity index (χ2n) is 7.43. The number of carbonyl (C=O) groups is 1. The first-order chi connectivity index (χ1) is 16.5. The molecule has 7 nitrogen and oxygen atoms in total. The van der Waals surface area contributed by atoms with Gasteiger partial charge in [0.2, 0.25) is 0 Å². The summed E-state index contributed by atoms with van der Waals surface area (Å²) in [6.07, 6.45) is -4.30. The normalized spacial score (nSPS) is 11.9. The van der Waals surface area contributed by atoms with Crippen LogP contribution in [-0.4, -0.2) is 37.6 Å². The molecule has 0 aliphatic rings. The first-order valence-corrected chi connectivity index (χ1v) is 12.7. The van der Waals surface area contributed by atoms with Crippen LogP contribution in [0.1, 0.15) is 5.69 Å². The van der Waals surface area contributed by atoms with Gasteiger partial charge in [0.05, 0.1) is 21.2 Å². The first-order valence-electron chi connectivity index (χ1n) is 10.0. The maximum Gasteiger partial charge on any atom is 0.435 e. The van der Waals surface area contributed by atoms with Crippen molar-refractivity contribution in [1.29, 1.82) is 0 Å². The minimum Gasteiger partial charge on any atom is -0.410 e. The molecule has 2 heterocycles. The van der Waals surface area contributed by atoms with Crippen molar-refractivity contribution in [3.05, 3.63) is 72.4 Å². The molecule has 0 aliphatic heterocycles. The Morgan fingerprint density at radius 1 is 1.03 bits per heavy atom. The lowest BCUT2D eigenvalue weighted by Crippen LogP contribution is -2.22. The Hall–Kier alpha value is -3.64. The summed E-state index contributed by atoms with van der Waals surface area (Å²) < 4.78 is 70.6. The average Bonchev–Trinajstić information content (AvgIpc) is 3.46. The minimum atomic E-state index is -4.68. The molecule has 0 aliphatic carbocycles. The summed E-state index contributed by atoms with van der Waals surface area (Å²) in [6, 6.07) is 16.6. The molecule has 4 rings (SSSR count). The zero-order chi connectivity index (χ0) is 25.4. The van der Waals surface area contributed by atoms with E-state index in [9.17, 15) is 26.4 Å². The maximum absolute atomic E-state index is 13.5. The SMILES string of the molecule is CNC(=O)Oc1cccc(-n2nc(C(F)(F)F)cc2-c2ccc(-c3cccc(S(C)(=O)=O)c3)s2)c1. The summed E-state index contributed by atoms with van der Waals surface area (Å²) in [5.74, 6) is 0.126. The highest BCUT2D eigenvalue weighted by Gasteiger charge is 2.35. The zero-order valence-electron chi connectivity index (χ0n) is 18.3. The fraction of sp³-hybridized carbons (Fsp3) is 0.130. The van der Waals surface area contributed by atoms with E-state index in [0.717, 1.165) is 17.0 Å². The lowest BCUT2D eigenvalue weighted by Gasteiger charge is -2.09. The molecule has 4 aromatic rings. The van der Waals surface area contributed by atoms with E-state index in [4.69, 9.17) is 4.74 Å². The molecular weight excluding hydrogens is 503 g/mol. The van der Waals surface area contributed by atoms with E-state index in [1.165, 1.54) is 54.8 Å². The number of aromatic nitrogens is 2. The van der Waals surface area contributed by atoms with Crippen molar-refractivity contribution < 1.29 is 31.1 Å². The van der Waals surface area contributed by atoms with Gasteiger partial charge in [0.1, 0.15) is 5.75 Å². The summed E-state index contributed by atoms with van der Waals surface area (Å²) >= 11 is 1.19. The molecule has 2 aromatic carbocycles. The van der Waals surface area contributed by atoms with Crippen molar-refractivity contribution >= 4 is 27.3 Å². The lowest BCUT2D eigenvalue weighted by atomic mass is 10.2. The second kappa shape index (κ2) is 9.19. The predicted octanol–water partition coefficient (Wildman–Crippen LogP) is 5.41. The minimum absolute atomic E-state index is 0.126. The number of nitrogens with zero attached hydrogens (tertiary/aromatic N) is 2. The number of benzene rings is 2. The Labute approximate surface area is 202 Å². The van der Waals surface area contributed by atoms with Crippen LogP contribution in [0.3, 0.4) is 0 Å². The van der Waals surface area contributed by atoms with Gasteiger partial charge in [-0.05, 0) is 48.0 Å². The van der Waals surface area contributed by atoms with Crippen LogP contribution in [0, 0.1) is 0 Å². The molecule has 1 amide bonds. The van der Waals surface area contributed by atoms with Crippen molar-refractivity contribution in [2.75, 3.05) is 13.3 Å². The Bertz CT molecular complexity index is 1510. The predicted molar refractivity (Wildman–Crippen MR) is 126 cm³/mol. The van der Waals surface area contributed by atoms with Gasteiger partial charge in [-0.2, -0.15) is 18.3 Å². The molecule has 12 heteroatoms. The third-order valence-corrected chi connectivity index (χ3v) is 7.15. The van der Waals surface area contributed by atoms with Gasteiger partial charge in [0.15, 0.2) is 15.5 Å². The van der Waals surface area contributed by atoms with Crippen LogP contribution in [0.2, 0.25) is 0 Å². The number of hydrogen-bond acceptors (Lipinski definition) is 6. The van der Waals surface area contributed by atoms with E-state index >= 15 is 0 Å². The molecule has 0 unspecified atom stereocenters. The summed E-state index contributed by atoms with van der Waals surface area (Å²) in [6.45, 7) is 0. The number of hydrogen-bond donors (Lipinski definition) is 1. The number of rotatable bonds is 5. The molecule has 0 saturated carbocycles. The maximum atomic E-state index is 13.5. The first kappa shape index (κ1) is 24.5. The average molecular weight is 522 g/mol.